The molecule has 1 heterocycles. The molecule has 2 rings (SSSR count). The summed E-state index contributed by atoms with van der Waals surface area (Å²) < 4.78 is 5.27. The van der Waals surface area contributed by atoms with Gasteiger partial charge in [0, 0.05) is 23.3 Å². The first-order valence-electron chi connectivity index (χ1n) is 4.94. The smallest absolute Gasteiger partial charge is 0.410 e. The van der Waals surface area contributed by atoms with Crippen molar-refractivity contribution < 1.29 is 9.53 Å². The Balaban J connectivity index is 1.80. The molecule has 1 aliphatic carbocycles. The number of carbonyl (C=O) groups is 1. The Morgan fingerprint density at radius 3 is 2.36 bits per heavy atom. The maximum atomic E-state index is 11.6. The first-order chi connectivity index (χ1) is 6.32. The van der Waals surface area contributed by atoms with Crippen molar-refractivity contribution in [3.05, 3.63) is 0 Å². The van der Waals surface area contributed by atoms with E-state index in [0.29, 0.717) is 10.2 Å². The van der Waals surface area contributed by atoms with Crippen LogP contribution in [-0.2, 0) is 4.74 Å². The van der Waals surface area contributed by atoms with Gasteiger partial charge in [-0.15, -0.1) is 0 Å². The highest BCUT2D eigenvalue weighted by atomic mass is 79.9. The lowest BCUT2D eigenvalue weighted by molar-refractivity contribution is -0.00555. The minimum Gasteiger partial charge on any atom is -0.444 e. The Hall–Kier alpha value is -0.250. The second kappa shape index (κ2) is 2.87. The Morgan fingerprint density at radius 2 is 2.00 bits per heavy atom. The molecule has 0 aromatic heterocycles. The van der Waals surface area contributed by atoms with Gasteiger partial charge >= 0.3 is 6.09 Å². The molecule has 2 aliphatic rings. The molecule has 14 heavy (non-hydrogen) atoms. The summed E-state index contributed by atoms with van der Waals surface area (Å²) in [4.78, 5) is 14.0. The fourth-order valence-corrected chi connectivity index (χ4v) is 2.73. The van der Waals surface area contributed by atoms with E-state index in [1.807, 2.05) is 20.8 Å². The van der Waals surface area contributed by atoms with E-state index in [-0.39, 0.29) is 11.7 Å². The van der Waals surface area contributed by atoms with Gasteiger partial charge in [0.25, 0.3) is 0 Å². The third kappa shape index (κ3) is 1.76. The normalized spacial score (nSPS) is 28.6. The van der Waals surface area contributed by atoms with E-state index in [0.717, 1.165) is 13.1 Å². The van der Waals surface area contributed by atoms with Crippen molar-refractivity contribution >= 4 is 22.0 Å². The Kier molecular flexibility index (Phi) is 2.11. The van der Waals surface area contributed by atoms with Crippen LogP contribution in [0, 0.1) is 5.41 Å². The van der Waals surface area contributed by atoms with E-state index in [9.17, 15) is 4.79 Å². The Morgan fingerprint density at radius 1 is 1.50 bits per heavy atom. The molecule has 3 nitrogen and oxygen atoms in total. The van der Waals surface area contributed by atoms with Crippen LogP contribution < -0.4 is 0 Å². The number of rotatable bonds is 0. The quantitative estimate of drug-likeness (QED) is 0.627. The van der Waals surface area contributed by atoms with Crippen molar-refractivity contribution in [2.75, 3.05) is 13.1 Å². The van der Waals surface area contributed by atoms with Crippen LogP contribution in [0.3, 0.4) is 0 Å². The molecule has 1 spiro atoms. The van der Waals surface area contributed by atoms with Gasteiger partial charge in [-0.05, 0) is 27.2 Å². The second-order valence-electron chi connectivity index (χ2n) is 5.37. The van der Waals surface area contributed by atoms with E-state index in [1.165, 1.54) is 6.42 Å². The summed E-state index contributed by atoms with van der Waals surface area (Å²) in [5.41, 5.74) is 0.0219. The maximum absolute atomic E-state index is 11.6. The summed E-state index contributed by atoms with van der Waals surface area (Å²) >= 11 is 3.58. The van der Waals surface area contributed by atoms with Crippen molar-refractivity contribution in [3.63, 3.8) is 0 Å². The maximum Gasteiger partial charge on any atom is 0.410 e. The highest BCUT2D eigenvalue weighted by Gasteiger charge is 2.61. The summed E-state index contributed by atoms with van der Waals surface area (Å²) in [5, 5.41) is 0. The molecule has 1 unspecified atom stereocenters. The van der Waals surface area contributed by atoms with E-state index < -0.39 is 0 Å². The van der Waals surface area contributed by atoms with Gasteiger partial charge in [-0.2, -0.15) is 0 Å². The third-order valence-electron chi connectivity index (χ3n) is 2.75. The topological polar surface area (TPSA) is 29.5 Å². The monoisotopic (exact) mass is 261 g/mol. The third-order valence-corrected chi connectivity index (χ3v) is 4.05. The fourth-order valence-electron chi connectivity index (χ4n) is 1.79. The number of nitrogens with zero attached hydrogens (tertiary/aromatic N) is 1. The predicted octanol–water partition coefficient (Wildman–Crippen LogP) is 2.39. The van der Waals surface area contributed by atoms with Gasteiger partial charge < -0.3 is 9.64 Å². The van der Waals surface area contributed by atoms with E-state index in [4.69, 9.17) is 4.74 Å². The predicted molar refractivity (Wildman–Crippen MR) is 57.6 cm³/mol. The number of hydrogen-bond acceptors (Lipinski definition) is 2. The lowest BCUT2D eigenvalue weighted by Crippen LogP contribution is -2.54. The molecule has 0 aromatic carbocycles. The van der Waals surface area contributed by atoms with Crippen molar-refractivity contribution in [1.82, 2.24) is 4.90 Å². The van der Waals surface area contributed by atoms with Crippen molar-refractivity contribution in [1.29, 1.82) is 0 Å². The molecule has 1 saturated carbocycles. The summed E-state index contributed by atoms with van der Waals surface area (Å²) in [6.45, 7) is 7.40. The molecule has 0 radical (unpaired) electrons. The SMILES string of the molecule is CC(C)(C)OC(=O)N1CC2(CC2Br)C1. The molecule has 1 amide bonds. The van der Waals surface area contributed by atoms with Crippen LogP contribution in [0.2, 0.25) is 0 Å². The van der Waals surface area contributed by atoms with Gasteiger partial charge in [-0.3, -0.25) is 0 Å². The minimum absolute atomic E-state index is 0.172. The van der Waals surface area contributed by atoms with Crippen molar-refractivity contribution in [3.8, 4) is 0 Å². The molecule has 1 aliphatic heterocycles. The highest BCUT2D eigenvalue weighted by Crippen LogP contribution is 2.57. The fraction of sp³-hybridized carbons (Fsp3) is 0.900. The molecule has 2 fully saturated rings. The Bertz CT molecular complexity index is 266. The molecule has 0 bridgehead atoms. The molecular formula is C10H16BrNO2. The van der Waals surface area contributed by atoms with Crippen LogP contribution in [0.25, 0.3) is 0 Å². The number of halogens is 1. The lowest BCUT2D eigenvalue weighted by atomic mass is 9.98. The molecule has 0 N–H and O–H groups in total. The highest BCUT2D eigenvalue weighted by molar-refractivity contribution is 9.09. The van der Waals surface area contributed by atoms with Crippen LogP contribution in [-0.4, -0.2) is 34.5 Å². The van der Waals surface area contributed by atoms with Crippen LogP contribution in [0.4, 0.5) is 4.79 Å². The summed E-state index contributed by atoms with van der Waals surface area (Å²) in [7, 11) is 0. The largest absolute Gasteiger partial charge is 0.444 e. The molecule has 4 heteroatoms. The first kappa shape index (κ1) is 10.3. The zero-order chi connectivity index (χ0) is 10.6. The van der Waals surface area contributed by atoms with Gasteiger partial charge in [-0.25, -0.2) is 4.79 Å². The van der Waals surface area contributed by atoms with E-state index in [2.05, 4.69) is 15.9 Å². The summed E-state index contributed by atoms with van der Waals surface area (Å²) in [6, 6.07) is 0. The van der Waals surface area contributed by atoms with Gasteiger partial charge in [0.15, 0.2) is 0 Å². The molecular weight excluding hydrogens is 246 g/mol. The van der Waals surface area contributed by atoms with Gasteiger partial charge in [0.2, 0.25) is 0 Å². The van der Waals surface area contributed by atoms with Gasteiger partial charge in [0.05, 0.1) is 0 Å². The van der Waals surface area contributed by atoms with Crippen LogP contribution in [0.15, 0.2) is 0 Å². The molecule has 1 atom stereocenters. The summed E-state index contributed by atoms with van der Waals surface area (Å²) in [6.07, 6.45) is 1.03. The van der Waals surface area contributed by atoms with Gasteiger partial charge in [0.1, 0.15) is 5.60 Å². The minimum atomic E-state index is -0.378. The average Bonchev–Trinajstić information content (AvgIpc) is 2.53. The zero-order valence-corrected chi connectivity index (χ0v) is 10.4. The number of alkyl halides is 1. The molecule has 80 valence electrons. The number of hydrogen-bond donors (Lipinski definition) is 0. The number of ether oxygens (including phenoxy) is 1. The van der Waals surface area contributed by atoms with Crippen LogP contribution in [0.1, 0.15) is 27.2 Å². The van der Waals surface area contributed by atoms with Crippen molar-refractivity contribution in [2.45, 2.75) is 37.6 Å². The molecule has 0 aromatic rings. The average molecular weight is 262 g/mol. The second-order valence-corrected chi connectivity index (χ2v) is 6.48. The lowest BCUT2D eigenvalue weighted by Gasteiger charge is -2.40. The standard InChI is InChI=1S/C10H16BrNO2/c1-9(2,3)14-8(13)12-5-10(6-12)4-7(10)11/h7H,4-6H2,1-3H3. The summed E-state index contributed by atoms with van der Waals surface area (Å²) in [5.74, 6) is 0. The van der Waals surface area contributed by atoms with Crippen LogP contribution >= 0.6 is 15.9 Å². The molecule has 1 saturated heterocycles. The first-order valence-corrected chi connectivity index (χ1v) is 5.86. The number of likely N-dealkylation sites (tertiary alicyclic amines) is 1. The Labute approximate surface area is 92.9 Å². The zero-order valence-electron chi connectivity index (χ0n) is 8.84. The van der Waals surface area contributed by atoms with Crippen molar-refractivity contribution in [2.24, 2.45) is 5.41 Å². The van der Waals surface area contributed by atoms with E-state index in [1.54, 1.807) is 4.90 Å². The number of amides is 1. The van der Waals surface area contributed by atoms with E-state index >= 15 is 0 Å². The van der Waals surface area contributed by atoms with Gasteiger partial charge in [-0.1, -0.05) is 15.9 Å². The van der Waals surface area contributed by atoms with Crippen LogP contribution in [0.5, 0.6) is 0 Å². The number of carbonyl (C=O) groups excluding carboxylic acids is 1.